The summed E-state index contributed by atoms with van der Waals surface area (Å²) < 4.78 is 10.7. The second-order valence-corrected chi connectivity index (χ2v) is 5.60. The SMILES string of the molecule is CCCC1(O)CN(C(=O)C(C)Oc2ccc(OC)cc2)C1. The van der Waals surface area contributed by atoms with E-state index in [2.05, 4.69) is 0 Å². The molecule has 5 nitrogen and oxygen atoms in total. The summed E-state index contributed by atoms with van der Waals surface area (Å²) in [7, 11) is 1.60. The monoisotopic (exact) mass is 293 g/mol. The number of benzene rings is 1. The fourth-order valence-corrected chi connectivity index (χ4v) is 2.61. The third kappa shape index (κ3) is 3.67. The number of nitrogens with zero attached hydrogens (tertiary/aromatic N) is 1. The van der Waals surface area contributed by atoms with Gasteiger partial charge in [0.1, 0.15) is 11.5 Å². The maximum Gasteiger partial charge on any atom is 0.263 e. The molecule has 1 saturated heterocycles. The van der Waals surface area contributed by atoms with Crippen molar-refractivity contribution in [2.24, 2.45) is 0 Å². The van der Waals surface area contributed by atoms with Gasteiger partial charge in [-0.3, -0.25) is 4.79 Å². The maximum absolute atomic E-state index is 12.2. The number of hydrogen-bond donors (Lipinski definition) is 1. The first-order valence-corrected chi connectivity index (χ1v) is 7.29. The lowest BCUT2D eigenvalue weighted by molar-refractivity contribution is -0.162. The molecule has 0 aliphatic carbocycles. The Kier molecular flexibility index (Phi) is 4.73. The second-order valence-electron chi connectivity index (χ2n) is 5.60. The van der Waals surface area contributed by atoms with Crippen molar-refractivity contribution in [3.63, 3.8) is 0 Å². The molecule has 5 heteroatoms. The van der Waals surface area contributed by atoms with Gasteiger partial charge in [-0.15, -0.1) is 0 Å². The number of carbonyl (C=O) groups is 1. The van der Waals surface area contributed by atoms with Gasteiger partial charge >= 0.3 is 0 Å². The van der Waals surface area contributed by atoms with Gasteiger partial charge in [0, 0.05) is 0 Å². The topological polar surface area (TPSA) is 59.0 Å². The molecule has 1 aliphatic rings. The minimum atomic E-state index is -0.704. The van der Waals surface area contributed by atoms with Gasteiger partial charge in [-0.05, 0) is 37.6 Å². The van der Waals surface area contributed by atoms with Crippen LogP contribution in [0.15, 0.2) is 24.3 Å². The minimum absolute atomic E-state index is 0.0911. The predicted molar refractivity (Wildman–Crippen MR) is 79.5 cm³/mol. The summed E-state index contributed by atoms with van der Waals surface area (Å²) in [5, 5.41) is 10.1. The summed E-state index contributed by atoms with van der Waals surface area (Å²) in [6.45, 7) is 4.55. The molecular weight excluding hydrogens is 270 g/mol. The lowest BCUT2D eigenvalue weighted by Gasteiger charge is -2.47. The van der Waals surface area contributed by atoms with Crippen molar-refractivity contribution in [3.8, 4) is 11.5 Å². The van der Waals surface area contributed by atoms with Crippen LogP contribution < -0.4 is 9.47 Å². The van der Waals surface area contributed by atoms with E-state index >= 15 is 0 Å². The van der Waals surface area contributed by atoms with Crippen LogP contribution in [0.3, 0.4) is 0 Å². The number of rotatable bonds is 6. The van der Waals surface area contributed by atoms with Crippen LogP contribution in [0.5, 0.6) is 11.5 Å². The molecule has 0 spiro atoms. The minimum Gasteiger partial charge on any atom is -0.497 e. The summed E-state index contributed by atoms with van der Waals surface area (Å²) in [6.07, 6.45) is 1.07. The molecule has 1 unspecified atom stereocenters. The van der Waals surface area contributed by atoms with Crippen LogP contribution in [0.2, 0.25) is 0 Å². The fraction of sp³-hybridized carbons (Fsp3) is 0.562. The van der Waals surface area contributed by atoms with Gasteiger partial charge in [0.15, 0.2) is 6.10 Å². The Morgan fingerprint density at radius 1 is 1.33 bits per heavy atom. The summed E-state index contributed by atoms with van der Waals surface area (Å²) in [6, 6.07) is 7.12. The molecule has 1 aliphatic heterocycles. The Morgan fingerprint density at radius 3 is 2.43 bits per heavy atom. The highest BCUT2D eigenvalue weighted by atomic mass is 16.5. The molecule has 1 atom stereocenters. The molecule has 0 radical (unpaired) electrons. The molecular formula is C16H23NO4. The largest absolute Gasteiger partial charge is 0.497 e. The molecule has 1 N–H and O–H groups in total. The van der Waals surface area contributed by atoms with E-state index in [9.17, 15) is 9.90 Å². The summed E-state index contributed by atoms with van der Waals surface area (Å²) in [4.78, 5) is 13.9. The third-order valence-corrected chi connectivity index (χ3v) is 3.72. The average Bonchev–Trinajstić information content (AvgIpc) is 2.45. The van der Waals surface area contributed by atoms with Crippen molar-refractivity contribution in [3.05, 3.63) is 24.3 Å². The highest BCUT2D eigenvalue weighted by molar-refractivity contribution is 5.82. The lowest BCUT2D eigenvalue weighted by atomic mass is 9.89. The van der Waals surface area contributed by atoms with E-state index in [1.165, 1.54) is 0 Å². The first-order chi connectivity index (χ1) is 9.97. The highest BCUT2D eigenvalue weighted by Crippen LogP contribution is 2.27. The fourth-order valence-electron chi connectivity index (χ4n) is 2.61. The first-order valence-electron chi connectivity index (χ1n) is 7.29. The van der Waals surface area contributed by atoms with Gasteiger partial charge in [-0.1, -0.05) is 13.3 Å². The first kappa shape index (κ1) is 15.6. The molecule has 1 heterocycles. The molecule has 1 amide bonds. The predicted octanol–water partition coefficient (Wildman–Crippen LogP) is 1.84. The van der Waals surface area contributed by atoms with Gasteiger partial charge in [0.2, 0.25) is 0 Å². The zero-order valence-electron chi connectivity index (χ0n) is 12.8. The number of carbonyl (C=O) groups excluding carboxylic acids is 1. The standard InChI is InChI=1S/C16H23NO4/c1-4-9-16(19)10-17(11-16)15(18)12(2)21-14-7-5-13(20-3)6-8-14/h5-8,12,19H,4,9-11H2,1-3H3. The van der Waals surface area contributed by atoms with E-state index in [-0.39, 0.29) is 5.91 Å². The number of amides is 1. The second kappa shape index (κ2) is 6.35. The molecule has 0 aromatic heterocycles. The van der Waals surface area contributed by atoms with Gasteiger partial charge in [-0.2, -0.15) is 0 Å². The van der Waals surface area contributed by atoms with Crippen LogP contribution in [0.1, 0.15) is 26.7 Å². The van der Waals surface area contributed by atoms with Gasteiger partial charge in [-0.25, -0.2) is 0 Å². The zero-order chi connectivity index (χ0) is 15.5. The molecule has 116 valence electrons. The van der Waals surface area contributed by atoms with E-state index in [1.807, 2.05) is 6.92 Å². The smallest absolute Gasteiger partial charge is 0.263 e. The van der Waals surface area contributed by atoms with Crippen molar-refractivity contribution in [1.82, 2.24) is 4.90 Å². The molecule has 1 aromatic rings. The molecule has 21 heavy (non-hydrogen) atoms. The summed E-state index contributed by atoms with van der Waals surface area (Å²) in [5.41, 5.74) is -0.704. The van der Waals surface area contributed by atoms with Crippen molar-refractivity contribution in [2.45, 2.75) is 38.4 Å². The quantitative estimate of drug-likeness (QED) is 0.869. The van der Waals surface area contributed by atoms with Gasteiger partial charge < -0.3 is 19.5 Å². The van der Waals surface area contributed by atoms with Gasteiger partial charge in [0.05, 0.1) is 25.8 Å². The number of hydrogen-bond acceptors (Lipinski definition) is 4. The Balaban J connectivity index is 1.86. The third-order valence-electron chi connectivity index (χ3n) is 3.72. The normalized spacial score (nSPS) is 17.8. The summed E-state index contributed by atoms with van der Waals surface area (Å²) in [5.74, 6) is 1.28. The molecule has 0 saturated carbocycles. The highest BCUT2D eigenvalue weighted by Gasteiger charge is 2.44. The maximum atomic E-state index is 12.2. The molecule has 0 bridgehead atoms. The molecule has 1 aromatic carbocycles. The van der Waals surface area contributed by atoms with Crippen LogP contribution in [-0.4, -0.2) is 47.8 Å². The molecule has 1 fully saturated rings. The number of ether oxygens (including phenoxy) is 2. The summed E-state index contributed by atoms with van der Waals surface area (Å²) >= 11 is 0. The van der Waals surface area contributed by atoms with Gasteiger partial charge in [0.25, 0.3) is 5.91 Å². The van der Waals surface area contributed by atoms with E-state index in [4.69, 9.17) is 9.47 Å². The Labute approximate surface area is 125 Å². The van der Waals surface area contributed by atoms with Crippen LogP contribution in [-0.2, 0) is 4.79 Å². The number of β-amino-alcohol motifs (C(OH)–C–C–N with tert-alkyl or cyclic N) is 1. The average molecular weight is 293 g/mol. The number of aliphatic hydroxyl groups is 1. The van der Waals surface area contributed by atoms with Crippen LogP contribution in [0.25, 0.3) is 0 Å². The Morgan fingerprint density at radius 2 is 1.90 bits per heavy atom. The van der Waals surface area contributed by atoms with Crippen LogP contribution >= 0.6 is 0 Å². The molecule has 2 rings (SSSR count). The van der Waals surface area contributed by atoms with Crippen molar-refractivity contribution < 1.29 is 19.4 Å². The van der Waals surface area contributed by atoms with E-state index in [1.54, 1.807) is 43.2 Å². The Bertz CT molecular complexity index is 480. The Hall–Kier alpha value is -1.75. The van der Waals surface area contributed by atoms with E-state index in [0.29, 0.717) is 18.8 Å². The number of likely N-dealkylation sites (tertiary alicyclic amines) is 1. The van der Waals surface area contributed by atoms with E-state index < -0.39 is 11.7 Å². The van der Waals surface area contributed by atoms with Crippen LogP contribution in [0.4, 0.5) is 0 Å². The van der Waals surface area contributed by atoms with Crippen molar-refractivity contribution in [1.29, 1.82) is 0 Å². The van der Waals surface area contributed by atoms with Crippen molar-refractivity contribution >= 4 is 5.91 Å². The zero-order valence-corrected chi connectivity index (χ0v) is 12.8. The van der Waals surface area contributed by atoms with Crippen molar-refractivity contribution in [2.75, 3.05) is 20.2 Å². The van der Waals surface area contributed by atoms with E-state index in [0.717, 1.165) is 18.6 Å². The lowest BCUT2D eigenvalue weighted by Crippen LogP contribution is -2.65. The van der Waals surface area contributed by atoms with Crippen LogP contribution in [0, 0.1) is 0 Å². The number of methoxy groups -OCH3 is 1.